The predicted octanol–water partition coefficient (Wildman–Crippen LogP) is 0.880. The molecule has 0 aromatic heterocycles. The summed E-state index contributed by atoms with van der Waals surface area (Å²) in [5, 5.41) is 34.8. The highest BCUT2D eigenvalue weighted by molar-refractivity contribution is 5.39. The number of ether oxygens (including phenoxy) is 2. The third-order valence-electron chi connectivity index (χ3n) is 3.80. The number of hydrogen-bond acceptors (Lipinski definition) is 9. The molecule has 9 heteroatoms. The van der Waals surface area contributed by atoms with Gasteiger partial charge in [0, 0.05) is 6.54 Å². The lowest BCUT2D eigenvalue weighted by Crippen LogP contribution is -2.53. The fourth-order valence-electron chi connectivity index (χ4n) is 2.20. The smallest absolute Gasteiger partial charge is 0.250 e. The molecule has 9 nitrogen and oxygen atoms in total. The van der Waals surface area contributed by atoms with Gasteiger partial charge in [0.2, 0.25) is 0 Å². The minimum absolute atomic E-state index is 0.357. The van der Waals surface area contributed by atoms with Crippen molar-refractivity contribution in [1.29, 1.82) is 0 Å². The highest BCUT2D eigenvalue weighted by Gasteiger charge is 2.28. The average molecular weight is 454 g/mol. The van der Waals surface area contributed by atoms with E-state index < -0.39 is 18.2 Å². The zero-order valence-electron chi connectivity index (χ0n) is 19.4. The first-order chi connectivity index (χ1) is 14.9. The maximum atomic E-state index is 9.22. The largest absolute Gasteiger partial charge is 0.493 e. The number of methoxy groups -OCH3 is 1. The second kappa shape index (κ2) is 17.1. The highest BCUT2D eigenvalue weighted by Crippen LogP contribution is 2.26. The summed E-state index contributed by atoms with van der Waals surface area (Å²) in [5.41, 5.74) is 18.9. The number of rotatable bonds is 6. The number of para-hydroxylation sites is 2. The molecule has 2 unspecified atom stereocenters. The van der Waals surface area contributed by atoms with Crippen LogP contribution in [0.5, 0.6) is 11.5 Å². The van der Waals surface area contributed by atoms with Crippen molar-refractivity contribution in [3.8, 4) is 11.5 Å². The zero-order valence-corrected chi connectivity index (χ0v) is 19.4. The van der Waals surface area contributed by atoms with E-state index in [-0.39, 0.29) is 6.61 Å². The molecule has 10 N–H and O–H groups in total. The van der Waals surface area contributed by atoms with Gasteiger partial charge in [-0.15, -0.1) is 13.2 Å². The van der Waals surface area contributed by atoms with E-state index in [9.17, 15) is 5.11 Å². The summed E-state index contributed by atoms with van der Waals surface area (Å²) >= 11 is 0. The molecule has 0 aliphatic carbocycles. The van der Waals surface area contributed by atoms with Gasteiger partial charge in [-0.2, -0.15) is 0 Å². The van der Waals surface area contributed by atoms with E-state index in [1.807, 2.05) is 0 Å². The Morgan fingerprint density at radius 3 is 1.75 bits per heavy atom. The number of nitrogens with two attached hydrogens (primary N) is 3. The molecule has 32 heavy (non-hydrogen) atoms. The van der Waals surface area contributed by atoms with Gasteiger partial charge in [0.1, 0.15) is 6.61 Å². The monoisotopic (exact) mass is 453 g/mol. The zero-order chi connectivity index (χ0) is 25.3. The molecule has 0 amide bonds. The number of aliphatic hydroxyl groups is 4. The van der Waals surface area contributed by atoms with E-state index in [1.54, 1.807) is 24.3 Å². The second-order valence-electron chi connectivity index (χ2n) is 6.58. The van der Waals surface area contributed by atoms with Crippen LogP contribution >= 0.6 is 0 Å². The summed E-state index contributed by atoms with van der Waals surface area (Å²) in [5.74, 6) is -1.82. The van der Waals surface area contributed by atoms with Crippen molar-refractivity contribution in [2.24, 2.45) is 17.2 Å². The lowest BCUT2D eigenvalue weighted by Gasteiger charge is -2.22. The van der Waals surface area contributed by atoms with Crippen molar-refractivity contribution in [2.75, 3.05) is 13.7 Å². The molecule has 0 spiro atoms. The van der Waals surface area contributed by atoms with Crippen LogP contribution in [0.3, 0.4) is 0 Å². The van der Waals surface area contributed by atoms with Crippen molar-refractivity contribution in [1.82, 2.24) is 0 Å². The first-order valence-electron chi connectivity index (χ1n) is 9.80. The normalized spacial score (nSPS) is 11.8. The van der Waals surface area contributed by atoms with Gasteiger partial charge in [0.05, 0.1) is 13.3 Å². The van der Waals surface area contributed by atoms with Gasteiger partial charge in [-0.05, 0) is 49.6 Å². The van der Waals surface area contributed by atoms with Gasteiger partial charge >= 0.3 is 0 Å². The molecule has 0 heterocycles. The minimum Gasteiger partial charge on any atom is -0.493 e. The molecule has 0 bridgehead atoms. The summed E-state index contributed by atoms with van der Waals surface area (Å²) in [6.45, 7) is 12.0. The molecule has 0 aliphatic heterocycles. The van der Waals surface area contributed by atoms with E-state index in [4.69, 9.17) is 36.3 Å². The Balaban J connectivity index is 0. The topological polar surface area (TPSA) is 177 Å². The van der Waals surface area contributed by atoms with Crippen molar-refractivity contribution >= 4 is 0 Å². The van der Waals surface area contributed by atoms with Gasteiger partial charge in [0.15, 0.2) is 17.6 Å². The van der Waals surface area contributed by atoms with Crippen LogP contribution in [0.15, 0.2) is 55.6 Å². The first-order valence-corrected chi connectivity index (χ1v) is 9.80. The van der Waals surface area contributed by atoms with E-state index in [0.29, 0.717) is 18.0 Å². The molecular formula is C23H39N3O6. The van der Waals surface area contributed by atoms with Gasteiger partial charge in [0.25, 0.3) is 5.91 Å². The van der Waals surface area contributed by atoms with Gasteiger partial charge in [-0.25, -0.2) is 0 Å². The van der Waals surface area contributed by atoms with Gasteiger partial charge in [-0.1, -0.05) is 30.3 Å². The molecule has 2 aromatic rings. The third-order valence-corrected chi connectivity index (χ3v) is 3.80. The second-order valence-corrected chi connectivity index (χ2v) is 6.58. The Labute approximate surface area is 190 Å². The standard InChI is InChI=1S/C10H15NO5.C9H13N.C2H7NO.C2H4/c1-15-7-4-2-3-5-8(7)16-6-9(12)10(11,13)14;1-7-4-3-5-8(2)9(7)6-10;1-2(3)4;1-2/h2-5,9,12-14H,6,11H2,1H3;3-5H,6,10H2,1-2H3;2,4H,3H2,1H3;1-2H2. The molecule has 2 rings (SSSR count). The Hall–Kier alpha value is -2.50. The molecule has 0 radical (unpaired) electrons. The van der Waals surface area contributed by atoms with E-state index in [0.717, 1.165) is 0 Å². The molecule has 0 fully saturated rings. The molecule has 182 valence electrons. The van der Waals surface area contributed by atoms with E-state index in [2.05, 4.69) is 50.9 Å². The van der Waals surface area contributed by atoms with Crippen molar-refractivity contribution in [3.05, 3.63) is 72.3 Å². The van der Waals surface area contributed by atoms with Crippen molar-refractivity contribution < 1.29 is 29.9 Å². The molecule has 2 aromatic carbocycles. The van der Waals surface area contributed by atoms with Gasteiger partial charge < -0.3 is 41.4 Å². The summed E-state index contributed by atoms with van der Waals surface area (Å²) < 4.78 is 10.1. The quantitative estimate of drug-likeness (QED) is 0.247. The molecular weight excluding hydrogens is 414 g/mol. The van der Waals surface area contributed by atoms with Crippen LogP contribution in [-0.2, 0) is 6.54 Å². The Kier molecular flexibility index (Phi) is 16.9. The SMILES string of the molecule is C=C.CC(N)O.COc1ccccc1OCC(O)C(N)(O)O.Cc1cccc(C)c1CN. The van der Waals surface area contributed by atoms with Crippen molar-refractivity contribution in [3.63, 3.8) is 0 Å². The van der Waals surface area contributed by atoms with E-state index >= 15 is 0 Å². The third kappa shape index (κ3) is 13.7. The van der Waals surface area contributed by atoms with E-state index in [1.165, 1.54) is 30.7 Å². The molecule has 0 saturated carbocycles. The van der Waals surface area contributed by atoms with Crippen LogP contribution in [0.1, 0.15) is 23.6 Å². The van der Waals surface area contributed by atoms with Crippen molar-refractivity contribution in [2.45, 2.75) is 45.6 Å². The first kappa shape index (κ1) is 31.7. The summed E-state index contributed by atoms with van der Waals surface area (Å²) in [7, 11) is 1.48. The number of hydrogen-bond donors (Lipinski definition) is 7. The summed E-state index contributed by atoms with van der Waals surface area (Å²) in [6, 6.07) is 13.0. The molecule has 2 atom stereocenters. The number of benzene rings is 2. The highest BCUT2D eigenvalue weighted by atomic mass is 16.6. The predicted molar refractivity (Wildman–Crippen MR) is 127 cm³/mol. The van der Waals surface area contributed by atoms with Crippen LogP contribution < -0.4 is 26.7 Å². The Morgan fingerprint density at radius 1 is 0.969 bits per heavy atom. The lowest BCUT2D eigenvalue weighted by molar-refractivity contribution is -0.226. The minimum atomic E-state index is -2.68. The fourth-order valence-corrected chi connectivity index (χ4v) is 2.20. The van der Waals surface area contributed by atoms with Gasteiger partial charge in [-0.3, -0.25) is 5.73 Å². The molecule has 0 saturated heterocycles. The number of aryl methyl sites for hydroxylation is 2. The van der Waals surface area contributed by atoms with Crippen LogP contribution in [0.25, 0.3) is 0 Å². The lowest BCUT2D eigenvalue weighted by atomic mass is 10.0. The summed E-state index contributed by atoms with van der Waals surface area (Å²) in [4.78, 5) is 0. The van der Waals surface area contributed by atoms with Crippen LogP contribution in [0, 0.1) is 13.8 Å². The van der Waals surface area contributed by atoms with Crippen LogP contribution in [-0.4, -0.2) is 52.4 Å². The Morgan fingerprint density at radius 2 is 1.41 bits per heavy atom. The Bertz CT molecular complexity index is 728. The summed E-state index contributed by atoms with van der Waals surface area (Å²) in [6.07, 6.45) is -2.28. The number of aliphatic hydroxyl groups excluding tert-OH is 2. The molecule has 0 aliphatic rings. The maximum Gasteiger partial charge on any atom is 0.250 e. The van der Waals surface area contributed by atoms with Crippen LogP contribution in [0.2, 0.25) is 0 Å². The fraction of sp³-hybridized carbons (Fsp3) is 0.391. The van der Waals surface area contributed by atoms with Crippen LogP contribution in [0.4, 0.5) is 0 Å². The average Bonchev–Trinajstić information content (AvgIpc) is 2.73. The maximum absolute atomic E-state index is 9.22.